The standard InChI is InChI=1S/C19H17F3N3.BF4/c20-19(21,22)15-6-8-16(9-7-15)25-13-24-17(10-11-18(24)23-25)12-14-4-2-1-3-5-14;2-1(3,4)5/h1-9,13,17H,10-12H2;/q+1;-1. The molecule has 160 valence electrons. The predicted octanol–water partition coefficient (Wildman–Crippen LogP) is 5.21. The summed E-state index contributed by atoms with van der Waals surface area (Å²) in [6.07, 6.45) is 0.409. The van der Waals surface area contributed by atoms with Gasteiger partial charge in [0, 0.05) is 17.9 Å². The molecule has 3 nitrogen and oxygen atoms in total. The highest BCUT2D eigenvalue weighted by Crippen LogP contribution is 2.29. The van der Waals surface area contributed by atoms with Crippen molar-refractivity contribution in [2.75, 3.05) is 0 Å². The molecule has 4 rings (SSSR count). The molecule has 30 heavy (non-hydrogen) atoms. The van der Waals surface area contributed by atoms with E-state index in [0.717, 1.165) is 37.2 Å². The maximum absolute atomic E-state index is 12.7. The van der Waals surface area contributed by atoms with Crippen molar-refractivity contribution in [3.63, 3.8) is 0 Å². The monoisotopic (exact) mass is 431 g/mol. The Morgan fingerprint density at radius 3 is 2.13 bits per heavy atom. The van der Waals surface area contributed by atoms with E-state index in [-0.39, 0.29) is 0 Å². The Bertz CT molecular complexity index is 961. The summed E-state index contributed by atoms with van der Waals surface area (Å²) >= 11 is 0. The first-order valence-corrected chi connectivity index (χ1v) is 9.09. The van der Waals surface area contributed by atoms with Crippen LogP contribution in [0.1, 0.15) is 29.4 Å². The summed E-state index contributed by atoms with van der Waals surface area (Å²) in [5.41, 5.74) is 1.26. The van der Waals surface area contributed by atoms with Gasteiger partial charge in [0.05, 0.1) is 11.6 Å². The summed E-state index contributed by atoms with van der Waals surface area (Å²) in [6.45, 7) is 0. The van der Waals surface area contributed by atoms with E-state index < -0.39 is 19.0 Å². The fourth-order valence-electron chi connectivity index (χ4n) is 3.32. The van der Waals surface area contributed by atoms with E-state index in [2.05, 4.69) is 21.8 Å². The van der Waals surface area contributed by atoms with Gasteiger partial charge in [-0.15, -0.1) is 0 Å². The summed E-state index contributed by atoms with van der Waals surface area (Å²) in [4.78, 5) is 0. The highest BCUT2D eigenvalue weighted by atomic mass is 19.5. The van der Waals surface area contributed by atoms with E-state index in [1.807, 2.05) is 24.5 Å². The molecule has 1 aliphatic heterocycles. The quantitative estimate of drug-likeness (QED) is 0.317. The lowest BCUT2D eigenvalue weighted by Gasteiger charge is -2.08. The SMILES string of the molecule is FC(F)(F)c1ccc(-n2c[n+]3c(n2)CCC3Cc2ccccc2)cc1.F[B-](F)(F)F. The molecule has 1 unspecified atom stereocenters. The van der Waals surface area contributed by atoms with Crippen molar-refractivity contribution < 1.29 is 35.0 Å². The van der Waals surface area contributed by atoms with E-state index in [9.17, 15) is 30.4 Å². The summed E-state index contributed by atoms with van der Waals surface area (Å²) < 4.78 is 80.9. The summed E-state index contributed by atoms with van der Waals surface area (Å²) in [6, 6.07) is 15.7. The Hall–Kier alpha value is -2.85. The number of nitrogens with zero attached hydrogens (tertiary/aromatic N) is 3. The van der Waals surface area contributed by atoms with E-state index in [0.29, 0.717) is 11.7 Å². The molecule has 2 heterocycles. The molecule has 2 aromatic carbocycles. The zero-order valence-corrected chi connectivity index (χ0v) is 15.5. The number of alkyl halides is 3. The van der Waals surface area contributed by atoms with Crippen LogP contribution in [0, 0.1) is 0 Å². The molecule has 1 atom stereocenters. The third-order valence-corrected chi connectivity index (χ3v) is 4.62. The van der Waals surface area contributed by atoms with Gasteiger partial charge in [0.15, 0.2) is 0 Å². The van der Waals surface area contributed by atoms with Gasteiger partial charge >= 0.3 is 13.4 Å². The van der Waals surface area contributed by atoms with Crippen molar-refractivity contribution in [3.05, 3.63) is 77.9 Å². The minimum absolute atomic E-state index is 0.334. The van der Waals surface area contributed by atoms with Gasteiger partial charge in [-0.25, -0.2) is 4.57 Å². The lowest BCUT2D eigenvalue weighted by atomic mass is 10.0. The number of hydrogen-bond donors (Lipinski definition) is 0. The lowest BCUT2D eigenvalue weighted by Crippen LogP contribution is -2.37. The molecule has 0 saturated carbocycles. The number of hydrogen-bond acceptors (Lipinski definition) is 1. The molecule has 0 bridgehead atoms. The Morgan fingerprint density at radius 1 is 0.967 bits per heavy atom. The number of aromatic nitrogens is 3. The van der Waals surface area contributed by atoms with E-state index in [1.165, 1.54) is 17.7 Å². The van der Waals surface area contributed by atoms with Crippen LogP contribution in [-0.2, 0) is 19.0 Å². The first kappa shape index (κ1) is 21.9. The summed E-state index contributed by atoms with van der Waals surface area (Å²) in [7, 11) is -6.00. The molecule has 0 N–H and O–H groups in total. The smallest absolute Gasteiger partial charge is 0.418 e. The van der Waals surface area contributed by atoms with Gasteiger partial charge in [-0.2, -0.15) is 13.2 Å². The van der Waals surface area contributed by atoms with Gasteiger partial charge in [-0.05, 0) is 36.2 Å². The Balaban J connectivity index is 0.000000461. The molecule has 0 saturated heterocycles. The van der Waals surface area contributed by atoms with Crippen LogP contribution < -0.4 is 4.57 Å². The van der Waals surface area contributed by atoms with Gasteiger partial charge in [0.2, 0.25) is 6.33 Å². The van der Waals surface area contributed by atoms with E-state index >= 15 is 0 Å². The maximum Gasteiger partial charge on any atom is 0.673 e. The van der Waals surface area contributed by atoms with E-state index in [1.54, 1.807) is 4.68 Å². The fraction of sp³-hybridized carbons (Fsp3) is 0.263. The van der Waals surface area contributed by atoms with Crippen molar-refractivity contribution in [3.8, 4) is 5.69 Å². The Kier molecular flexibility index (Phi) is 6.18. The van der Waals surface area contributed by atoms with Crippen LogP contribution in [0.15, 0.2) is 60.9 Å². The molecule has 0 amide bonds. The second-order valence-electron chi connectivity index (χ2n) is 6.81. The Labute approximate surface area is 167 Å². The molecular formula is C19H17BF7N3. The fourth-order valence-corrected chi connectivity index (χ4v) is 3.32. The largest absolute Gasteiger partial charge is 0.673 e. The van der Waals surface area contributed by atoms with Gasteiger partial charge in [-0.3, -0.25) is 0 Å². The van der Waals surface area contributed by atoms with Gasteiger partial charge in [-0.1, -0.05) is 35.0 Å². The third-order valence-electron chi connectivity index (χ3n) is 4.62. The minimum atomic E-state index is -6.00. The van der Waals surface area contributed by atoms with Crippen molar-refractivity contribution in [1.29, 1.82) is 0 Å². The average Bonchev–Trinajstić information content (AvgIpc) is 3.23. The summed E-state index contributed by atoms with van der Waals surface area (Å²) in [5, 5.41) is 4.54. The summed E-state index contributed by atoms with van der Waals surface area (Å²) in [5.74, 6) is 0.973. The first-order valence-electron chi connectivity index (χ1n) is 9.09. The number of rotatable bonds is 3. The van der Waals surface area contributed by atoms with Gasteiger partial charge in [0.25, 0.3) is 5.82 Å². The number of halogens is 7. The number of benzene rings is 2. The molecule has 1 aliphatic rings. The maximum atomic E-state index is 12.7. The van der Waals surface area contributed by atoms with Crippen molar-refractivity contribution in [2.24, 2.45) is 0 Å². The van der Waals surface area contributed by atoms with Crippen LogP contribution in [-0.4, -0.2) is 17.0 Å². The van der Waals surface area contributed by atoms with Gasteiger partial charge < -0.3 is 17.3 Å². The highest BCUT2D eigenvalue weighted by Gasteiger charge is 2.33. The molecule has 0 fully saturated rings. The van der Waals surface area contributed by atoms with Crippen molar-refractivity contribution in [2.45, 2.75) is 31.5 Å². The van der Waals surface area contributed by atoms with E-state index in [4.69, 9.17) is 0 Å². The molecule has 3 aromatic rings. The highest BCUT2D eigenvalue weighted by molar-refractivity contribution is 6.50. The van der Waals surface area contributed by atoms with Crippen molar-refractivity contribution >= 4 is 7.25 Å². The minimum Gasteiger partial charge on any atom is -0.418 e. The van der Waals surface area contributed by atoms with Crippen molar-refractivity contribution in [1.82, 2.24) is 9.78 Å². The molecule has 0 spiro atoms. The number of aryl methyl sites for hydroxylation is 1. The lowest BCUT2D eigenvalue weighted by molar-refractivity contribution is -0.716. The predicted molar refractivity (Wildman–Crippen MR) is 96.5 cm³/mol. The molecule has 11 heteroatoms. The molecular weight excluding hydrogens is 414 g/mol. The molecule has 1 aromatic heterocycles. The van der Waals surface area contributed by atoms with Crippen LogP contribution in [0.5, 0.6) is 0 Å². The number of fused-ring (bicyclic) bond motifs is 1. The van der Waals surface area contributed by atoms with Crippen LogP contribution in [0.2, 0.25) is 0 Å². The van der Waals surface area contributed by atoms with Gasteiger partial charge in [0.1, 0.15) is 5.69 Å². The normalized spacial score (nSPS) is 16.0. The topological polar surface area (TPSA) is 21.7 Å². The molecule has 0 radical (unpaired) electrons. The first-order chi connectivity index (χ1) is 14.0. The Morgan fingerprint density at radius 2 is 1.57 bits per heavy atom. The van der Waals surface area contributed by atoms with Crippen LogP contribution in [0.25, 0.3) is 5.69 Å². The zero-order chi connectivity index (χ0) is 21.9. The molecule has 0 aliphatic carbocycles. The average molecular weight is 431 g/mol. The third kappa shape index (κ3) is 5.83. The van der Waals surface area contributed by atoms with Crippen LogP contribution in [0.3, 0.4) is 0 Å². The second kappa shape index (κ2) is 8.49. The van der Waals surface area contributed by atoms with Crippen LogP contribution >= 0.6 is 0 Å². The van der Waals surface area contributed by atoms with Crippen LogP contribution in [0.4, 0.5) is 30.4 Å². The second-order valence-corrected chi connectivity index (χ2v) is 6.81. The zero-order valence-electron chi connectivity index (χ0n) is 15.5.